The Morgan fingerprint density at radius 1 is 1.06 bits per heavy atom. The summed E-state index contributed by atoms with van der Waals surface area (Å²) < 4.78 is 5.05. The van der Waals surface area contributed by atoms with E-state index in [-0.39, 0.29) is 11.9 Å². The maximum atomic E-state index is 12.6. The van der Waals surface area contributed by atoms with E-state index in [1.54, 1.807) is 0 Å². The minimum atomic E-state index is -0.366. The molecule has 1 aromatic heterocycles. The van der Waals surface area contributed by atoms with Crippen molar-refractivity contribution < 1.29 is 14.3 Å². The summed E-state index contributed by atoms with van der Waals surface area (Å²) in [5.74, 6) is 0.0156. The number of benzene rings is 2. The van der Waals surface area contributed by atoms with Gasteiger partial charge < -0.3 is 10.1 Å². The third-order valence-corrected chi connectivity index (χ3v) is 7.06. The van der Waals surface area contributed by atoms with Crippen LogP contribution in [-0.4, -0.2) is 19.0 Å². The second-order valence-corrected chi connectivity index (χ2v) is 9.04. The third-order valence-electron chi connectivity index (χ3n) is 5.89. The van der Waals surface area contributed by atoms with E-state index in [9.17, 15) is 9.59 Å². The monoisotopic (exact) mass is 433 g/mol. The van der Waals surface area contributed by atoms with Crippen molar-refractivity contribution in [3.63, 3.8) is 0 Å². The van der Waals surface area contributed by atoms with E-state index < -0.39 is 0 Å². The lowest BCUT2D eigenvalue weighted by molar-refractivity contribution is -0.116. The number of hydrogen-bond acceptors (Lipinski definition) is 4. The zero-order chi connectivity index (χ0) is 21.6. The lowest BCUT2D eigenvalue weighted by Crippen LogP contribution is -2.16. The minimum absolute atomic E-state index is 0.0562. The average molecular weight is 434 g/mol. The van der Waals surface area contributed by atoms with Crippen molar-refractivity contribution in [3.05, 3.63) is 87.8 Å². The molecule has 31 heavy (non-hydrogen) atoms. The van der Waals surface area contributed by atoms with Gasteiger partial charge in [0.1, 0.15) is 5.00 Å². The summed E-state index contributed by atoms with van der Waals surface area (Å²) in [5, 5.41) is 3.64. The lowest BCUT2D eigenvalue weighted by Gasteiger charge is -2.22. The first kappa shape index (κ1) is 21.3. The summed E-state index contributed by atoms with van der Waals surface area (Å²) in [6.07, 6.45) is 4.74. The number of nitrogens with one attached hydrogen (secondary N) is 1. The van der Waals surface area contributed by atoms with Gasteiger partial charge in [0, 0.05) is 11.3 Å². The summed E-state index contributed by atoms with van der Waals surface area (Å²) in [7, 11) is 1.40. The predicted octanol–water partition coefficient (Wildman–Crippen LogP) is 5.77. The molecule has 0 saturated carbocycles. The molecule has 0 bridgehead atoms. The van der Waals surface area contributed by atoms with Crippen LogP contribution in [0.15, 0.2) is 60.7 Å². The van der Waals surface area contributed by atoms with Crippen LogP contribution >= 0.6 is 11.3 Å². The SMILES string of the molecule is COC(=O)c1c(NC(=O)CCCc2ccccc2)sc2c1CC[C@@H](c1ccccc1)C2. The highest BCUT2D eigenvalue weighted by molar-refractivity contribution is 7.17. The Labute approximate surface area is 187 Å². The van der Waals surface area contributed by atoms with Crippen LogP contribution < -0.4 is 5.32 Å². The number of ether oxygens (including phenoxy) is 1. The Kier molecular flexibility index (Phi) is 6.82. The molecule has 4 rings (SSSR count). The molecule has 1 heterocycles. The van der Waals surface area contributed by atoms with Gasteiger partial charge in [-0.2, -0.15) is 0 Å². The molecule has 1 atom stereocenters. The van der Waals surface area contributed by atoms with Gasteiger partial charge in [0.25, 0.3) is 0 Å². The van der Waals surface area contributed by atoms with Crippen molar-refractivity contribution in [1.29, 1.82) is 0 Å². The largest absolute Gasteiger partial charge is 0.465 e. The number of thiophene rings is 1. The van der Waals surface area contributed by atoms with Crippen LogP contribution in [0.4, 0.5) is 5.00 Å². The fourth-order valence-electron chi connectivity index (χ4n) is 4.29. The second kappa shape index (κ2) is 9.92. The molecule has 0 unspecified atom stereocenters. The molecule has 1 N–H and O–H groups in total. The van der Waals surface area contributed by atoms with Crippen LogP contribution in [0, 0.1) is 0 Å². The molecule has 1 aliphatic rings. The van der Waals surface area contributed by atoms with Gasteiger partial charge in [0.2, 0.25) is 5.91 Å². The van der Waals surface area contributed by atoms with E-state index in [1.807, 2.05) is 24.3 Å². The zero-order valence-corrected chi connectivity index (χ0v) is 18.5. The van der Waals surface area contributed by atoms with E-state index in [4.69, 9.17) is 4.74 Å². The topological polar surface area (TPSA) is 55.4 Å². The smallest absolute Gasteiger partial charge is 0.341 e. The highest BCUT2D eigenvalue weighted by Crippen LogP contribution is 2.42. The van der Waals surface area contributed by atoms with Gasteiger partial charge >= 0.3 is 5.97 Å². The number of amides is 1. The first-order chi connectivity index (χ1) is 15.2. The number of esters is 1. The van der Waals surface area contributed by atoms with Crippen LogP contribution in [0.2, 0.25) is 0 Å². The number of rotatable bonds is 7. The molecule has 0 aliphatic heterocycles. The van der Waals surface area contributed by atoms with Crippen LogP contribution in [-0.2, 0) is 28.8 Å². The summed E-state index contributed by atoms with van der Waals surface area (Å²) in [6.45, 7) is 0. The number of fused-ring (bicyclic) bond motifs is 1. The van der Waals surface area contributed by atoms with Crippen molar-refractivity contribution >= 4 is 28.2 Å². The summed E-state index contributed by atoms with van der Waals surface area (Å²) in [4.78, 5) is 26.3. The molecule has 0 fully saturated rings. The Bertz CT molecular complexity index is 1040. The number of carbonyl (C=O) groups is 2. The van der Waals surface area contributed by atoms with Gasteiger partial charge in [-0.15, -0.1) is 11.3 Å². The van der Waals surface area contributed by atoms with Gasteiger partial charge in [-0.3, -0.25) is 4.79 Å². The standard InChI is InChI=1S/C26H27NO3S/c1-30-26(29)24-21-16-15-20(19-12-6-3-7-13-19)17-22(21)31-25(24)27-23(28)14-8-11-18-9-4-2-5-10-18/h2-7,9-10,12-13,20H,8,11,14-17H2,1H3,(H,27,28)/t20-/m1/s1. The highest BCUT2D eigenvalue weighted by atomic mass is 32.1. The number of aryl methyl sites for hydroxylation is 1. The molecule has 3 aromatic rings. The molecule has 0 saturated heterocycles. The normalized spacial score (nSPS) is 15.2. The number of carbonyl (C=O) groups excluding carboxylic acids is 2. The van der Waals surface area contributed by atoms with Crippen molar-refractivity contribution in [2.45, 2.75) is 44.4 Å². The van der Waals surface area contributed by atoms with Crippen molar-refractivity contribution in [1.82, 2.24) is 0 Å². The first-order valence-electron chi connectivity index (χ1n) is 10.8. The molecule has 2 aromatic carbocycles. The Morgan fingerprint density at radius 3 is 2.48 bits per heavy atom. The van der Waals surface area contributed by atoms with Gasteiger partial charge in [-0.05, 0) is 54.7 Å². The molecule has 160 valence electrons. The fraction of sp³-hybridized carbons (Fsp3) is 0.308. The van der Waals surface area contributed by atoms with Crippen LogP contribution in [0.25, 0.3) is 0 Å². The van der Waals surface area contributed by atoms with Crippen LogP contribution in [0.5, 0.6) is 0 Å². The molecular weight excluding hydrogens is 406 g/mol. The number of methoxy groups -OCH3 is 1. The van der Waals surface area contributed by atoms with Gasteiger partial charge in [-0.1, -0.05) is 60.7 Å². The molecule has 4 nitrogen and oxygen atoms in total. The van der Waals surface area contributed by atoms with Crippen LogP contribution in [0.3, 0.4) is 0 Å². The third kappa shape index (κ3) is 5.05. The Balaban J connectivity index is 1.46. The summed E-state index contributed by atoms with van der Waals surface area (Å²) >= 11 is 1.53. The van der Waals surface area contributed by atoms with E-state index in [1.165, 1.54) is 34.5 Å². The number of anilines is 1. The first-order valence-corrected chi connectivity index (χ1v) is 11.6. The molecule has 1 aliphatic carbocycles. The van der Waals surface area contributed by atoms with Crippen LogP contribution in [0.1, 0.15) is 57.1 Å². The number of hydrogen-bond donors (Lipinski definition) is 1. The molecule has 0 spiro atoms. The molecule has 5 heteroatoms. The van der Waals surface area contributed by atoms with Gasteiger partial charge in [0.15, 0.2) is 0 Å². The fourth-order valence-corrected chi connectivity index (χ4v) is 5.62. The van der Waals surface area contributed by atoms with Gasteiger partial charge in [-0.25, -0.2) is 4.79 Å². The van der Waals surface area contributed by atoms with Crippen molar-refractivity contribution in [2.75, 3.05) is 12.4 Å². The maximum absolute atomic E-state index is 12.6. The van der Waals surface area contributed by atoms with Crippen molar-refractivity contribution in [2.24, 2.45) is 0 Å². The lowest BCUT2D eigenvalue weighted by atomic mass is 9.83. The van der Waals surface area contributed by atoms with E-state index in [0.29, 0.717) is 22.9 Å². The quantitative estimate of drug-likeness (QED) is 0.481. The minimum Gasteiger partial charge on any atom is -0.465 e. The Morgan fingerprint density at radius 2 is 1.77 bits per heavy atom. The Hall–Kier alpha value is -2.92. The van der Waals surface area contributed by atoms with E-state index in [2.05, 4.69) is 41.7 Å². The maximum Gasteiger partial charge on any atom is 0.341 e. The summed E-state index contributed by atoms with van der Waals surface area (Å²) in [6, 6.07) is 20.7. The van der Waals surface area contributed by atoms with Gasteiger partial charge in [0.05, 0.1) is 12.7 Å². The highest BCUT2D eigenvalue weighted by Gasteiger charge is 2.30. The average Bonchev–Trinajstić information content (AvgIpc) is 3.16. The second-order valence-electron chi connectivity index (χ2n) is 7.94. The summed E-state index contributed by atoms with van der Waals surface area (Å²) in [5.41, 5.74) is 4.14. The molecular formula is C26H27NO3S. The van der Waals surface area contributed by atoms with Crippen molar-refractivity contribution in [3.8, 4) is 0 Å². The molecule has 0 radical (unpaired) electrons. The van der Waals surface area contributed by atoms with E-state index in [0.717, 1.165) is 37.7 Å². The molecule has 1 amide bonds. The predicted molar refractivity (Wildman–Crippen MR) is 125 cm³/mol. The zero-order valence-electron chi connectivity index (χ0n) is 17.7. The van der Waals surface area contributed by atoms with E-state index >= 15 is 0 Å².